The first-order valence-electron chi connectivity index (χ1n) is 11.9. The van der Waals surface area contributed by atoms with Gasteiger partial charge < -0.3 is 0 Å². The van der Waals surface area contributed by atoms with Gasteiger partial charge in [-0.15, -0.1) is 11.3 Å². The summed E-state index contributed by atoms with van der Waals surface area (Å²) in [5.74, 6) is -0.661. The number of aromatic nitrogens is 1. The summed E-state index contributed by atoms with van der Waals surface area (Å²) < 4.78 is 0.423. The quantitative estimate of drug-likeness (QED) is 0.165. The van der Waals surface area contributed by atoms with Crippen molar-refractivity contribution in [2.45, 2.75) is 19.4 Å². The van der Waals surface area contributed by atoms with Gasteiger partial charge in [0.05, 0.1) is 11.4 Å². The fraction of sp³-hybridized carbons (Fsp3) is 0.103. The Balaban J connectivity index is 1.40. The highest BCUT2D eigenvalue weighted by Gasteiger charge is 2.36. The lowest BCUT2D eigenvalue weighted by molar-refractivity contribution is -0.123. The van der Waals surface area contributed by atoms with Gasteiger partial charge in [0.2, 0.25) is 0 Å². The maximum absolute atomic E-state index is 13.6. The molecule has 5 nitrogen and oxygen atoms in total. The van der Waals surface area contributed by atoms with Crippen molar-refractivity contribution < 1.29 is 9.59 Å². The van der Waals surface area contributed by atoms with Crippen LogP contribution in [0.5, 0.6) is 0 Å². The van der Waals surface area contributed by atoms with Crippen LogP contribution in [0, 0.1) is 0 Å². The van der Waals surface area contributed by atoms with E-state index in [0.29, 0.717) is 42.9 Å². The van der Waals surface area contributed by atoms with Crippen molar-refractivity contribution in [2.75, 3.05) is 5.32 Å². The first kappa shape index (κ1) is 27.6. The van der Waals surface area contributed by atoms with E-state index < -0.39 is 0 Å². The van der Waals surface area contributed by atoms with Crippen LogP contribution in [0.3, 0.4) is 0 Å². The molecule has 2 heterocycles. The van der Waals surface area contributed by atoms with Crippen LogP contribution in [-0.4, -0.2) is 26.0 Å². The van der Waals surface area contributed by atoms with E-state index in [1.54, 1.807) is 23.2 Å². The Morgan fingerprint density at radius 3 is 2.38 bits per heavy atom. The number of hydrogen-bond acceptors (Lipinski definition) is 6. The molecule has 10 heteroatoms. The van der Waals surface area contributed by atoms with Crippen LogP contribution in [0.1, 0.15) is 21.6 Å². The highest BCUT2D eigenvalue weighted by atomic mass is 35.5. The summed E-state index contributed by atoms with van der Waals surface area (Å²) in [4.78, 5) is 34.3. The average molecular weight is 611 g/mol. The Morgan fingerprint density at radius 1 is 0.974 bits per heavy atom. The molecule has 0 saturated carbocycles. The van der Waals surface area contributed by atoms with Gasteiger partial charge in [-0.25, -0.2) is 4.98 Å². The molecule has 1 fully saturated rings. The van der Waals surface area contributed by atoms with Gasteiger partial charge in [-0.3, -0.25) is 19.8 Å². The highest BCUT2D eigenvalue weighted by Crippen LogP contribution is 2.36. The SMILES string of the molecule is O=C(Nc1ncc(Cc2cc(Cl)ccc2Cl)s1)/C(Cc1ccccc1)=C1/SC(=S)N(Cc2ccccc2)C1=O. The predicted molar refractivity (Wildman–Crippen MR) is 164 cm³/mol. The molecule has 4 aromatic rings. The number of thiazole rings is 1. The zero-order valence-corrected chi connectivity index (χ0v) is 24.4. The molecule has 3 aromatic carbocycles. The minimum Gasteiger partial charge on any atom is -0.298 e. The van der Waals surface area contributed by atoms with Gasteiger partial charge in [0.1, 0.15) is 4.32 Å². The monoisotopic (exact) mass is 609 g/mol. The van der Waals surface area contributed by atoms with Gasteiger partial charge in [0.25, 0.3) is 11.8 Å². The summed E-state index contributed by atoms with van der Waals surface area (Å²) in [7, 11) is 0. The van der Waals surface area contributed by atoms with Crippen LogP contribution < -0.4 is 5.32 Å². The first-order chi connectivity index (χ1) is 18.9. The molecule has 39 heavy (non-hydrogen) atoms. The molecule has 2 amide bonds. The number of carbonyl (C=O) groups is 2. The lowest BCUT2D eigenvalue weighted by atomic mass is 10.0. The van der Waals surface area contributed by atoms with Gasteiger partial charge in [0, 0.05) is 39.5 Å². The van der Waals surface area contributed by atoms with E-state index in [2.05, 4.69) is 10.3 Å². The molecule has 0 atom stereocenters. The van der Waals surface area contributed by atoms with Crippen LogP contribution in [0.15, 0.2) is 95.5 Å². The number of nitrogens with one attached hydrogen (secondary N) is 1. The number of amides is 2. The van der Waals surface area contributed by atoms with E-state index in [1.165, 1.54) is 11.3 Å². The molecule has 1 saturated heterocycles. The smallest absolute Gasteiger partial charge is 0.266 e. The number of carbonyl (C=O) groups excluding carboxylic acids is 2. The summed E-state index contributed by atoms with van der Waals surface area (Å²) in [5, 5.41) is 4.54. The van der Waals surface area contributed by atoms with Crippen LogP contribution in [0.25, 0.3) is 0 Å². The maximum Gasteiger partial charge on any atom is 0.266 e. The summed E-state index contributed by atoms with van der Waals surface area (Å²) in [5.41, 5.74) is 3.09. The number of anilines is 1. The number of halogens is 2. The molecule has 1 aliphatic heterocycles. The van der Waals surface area contributed by atoms with Crippen molar-refractivity contribution in [2.24, 2.45) is 0 Å². The Bertz CT molecular complexity index is 1570. The number of thioether (sulfide) groups is 1. The molecule has 1 N–H and O–H groups in total. The van der Waals surface area contributed by atoms with Crippen molar-refractivity contribution in [1.82, 2.24) is 9.88 Å². The Hall–Kier alpha value is -3.01. The second kappa shape index (κ2) is 12.4. The number of hydrogen-bond donors (Lipinski definition) is 1. The van der Waals surface area contributed by atoms with Crippen LogP contribution in [0.4, 0.5) is 5.13 Å². The Kier molecular flexibility index (Phi) is 8.79. The molecule has 0 aliphatic carbocycles. The minimum absolute atomic E-state index is 0.273. The number of benzene rings is 3. The second-order valence-electron chi connectivity index (χ2n) is 8.71. The van der Waals surface area contributed by atoms with Crippen molar-refractivity contribution in [3.05, 3.63) is 127 Å². The standard InChI is InChI=1S/C29H21Cl2N3O2S3/c30-21-11-12-24(31)20(14-21)15-22-16-32-28(38-22)33-26(35)23(13-18-7-3-1-4-8-18)25-27(36)34(29(37)39-25)17-19-9-5-2-6-10-19/h1-12,14,16H,13,15,17H2,(H,32,33,35)/b25-23+. The molecular formula is C29H21Cl2N3O2S3. The van der Waals surface area contributed by atoms with Crippen molar-refractivity contribution in [3.63, 3.8) is 0 Å². The maximum atomic E-state index is 13.6. The van der Waals surface area contributed by atoms with Crippen molar-refractivity contribution >= 4 is 79.8 Å². The largest absolute Gasteiger partial charge is 0.298 e. The molecular weight excluding hydrogens is 589 g/mol. The van der Waals surface area contributed by atoms with E-state index in [-0.39, 0.29) is 18.2 Å². The van der Waals surface area contributed by atoms with E-state index >= 15 is 0 Å². The van der Waals surface area contributed by atoms with E-state index in [4.69, 9.17) is 35.4 Å². The first-order valence-corrected chi connectivity index (χ1v) is 14.7. The predicted octanol–water partition coefficient (Wildman–Crippen LogP) is 7.54. The van der Waals surface area contributed by atoms with Crippen LogP contribution >= 0.6 is 58.5 Å². The average Bonchev–Trinajstić information content (AvgIpc) is 3.49. The number of nitrogens with zero attached hydrogens (tertiary/aromatic N) is 2. The lowest BCUT2D eigenvalue weighted by Gasteiger charge is -2.15. The lowest BCUT2D eigenvalue weighted by Crippen LogP contribution is -2.28. The third-order valence-electron chi connectivity index (χ3n) is 5.95. The summed E-state index contributed by atoms with van der Waals surface area (Å²) in [6.07, 6.45) is 2.51. The van der Waals surface area contributed by atoms with Crippen LogP contribution in [0.2, 0.25) is 10.0 Å². The van der Waals surface area contributed by atoms with Gasteiger partial charge in [0.15, 0.2) is 5.13 Å². The summed E-state index contributed by atoms with van der Waals surface area (Å²) in [6, 6.07) is 24.5. The van der Waals surface area contributed by atoms with Gasteiger partial charge in [-0.2, -0.15) is 0 Å². The fourth-order valence-electron chi connectivity index (χ4n) is 4.03. The molecule has 1 aliphatic rings. The molecule has 1 aromatic heterocycles. The molecule has 0 unspecified atom stereocenters. The molecule has 196 valence electrons. The Labute approximate surface area is 249 Å². The normalized spacial score (nSPS) is 14.6. The molecule has 5 rings (SSSR count). The second-order valence-corrected chi connectivity index (χ2v) is 12.3. The topological polar surface area (TPSA) is 62.3 Å². The van der Waals surface area contributed by atoms with Crippen molar-refractivity contribution in [1.29, 1.82) is 0 Å². The third-order valence-corrected chi connectivity index (χ3v) is 8.96. The minimum atomic E-state index is -0.388. The fourth-order valence-corrected chi connectivity index (χ4v) is 6.56. The van der Waals surface area contributed by atoms with E-state index in [0.717, 1.165) is 33.3 Å². The van der Waals surface area contributed by atoms with Gasteiger partial charge in [-0.05, 0) is 34.9 Å². The van der Waals surface area contributed by atoms with Gasteiger partial charge >= 0.3 is 0 Å². The van der Waals surface area contributed by atoms with E-state index in [9.17, 15) is 9.59 Å². The van der Waals surface area contributed by atoms with E-state index in [1.807, 2.05) is 66.7 Å². The van der Waals surface area contributed by atoms with Crippen molar-refractivity contribution in [3.8, 4) is 0 Å². The molecule has 0 spiro atoms. The Morgan fingerprint density at radius 2 is 1.67 bits per heavy atom. The van der Waals surface area contributed by atoms with Gasteiger partial charge in [-0.1, -0.05) is 108 Å². The summed E-state index contributed by atoms with van der Waals surface area (Å²) in [6.45, 7) is 0.344. The molecule has 0 bridgehead atoms. The van der Waals surface area contributed by atoms with Crippen LogP contribution in [-0.2, 0) is 29.0 Å². The number of rotatable bonds is 8. The highest BCUT2D eigenvalue weighted by molar-refractivity contribution is 8.26. The zero-order valence-electron chi connectivity index (χ0n) is 20.4. The summed E-state index contributed by atoms with van der Waals surface area (Å²) >= 11 is 20.5. The zero-order chi connectivity index (χ0) is 27.4. The number of thiocarbonyl (C=S) groups is 1. The third kappa shape index (κ3) is 6.77. The molecule has 0 radical (unpaired) electrons.